The van der Waals surface area contributed by atoms with Gasteiger partial charge in [0.25, 0.3) is 5.91 Å². The highest BCUT2D eigenvalue weighted by molar-refractivity contribution is 7.10. The topological polar surface area (TPSA) is 68.0 Å². The summed E-state index contributed by atoms with van der Waals surface area (Å²) in [4.78, 5) is 17.8. The second-order valence-corrected chi connectivity index (χ2v) is 5.80. The van der Waals surface area contributed by atoms with Crippen molar-refractivity contribution in [3.63, 3.8) is 0 Å². The number of aromatic nitrogens is 1. The molecule has 1 atom stereocenters. The molecule has 0 saturated heterocycles. The highest BCUT2D eigenvalue weighted by Gasteiger charge is 2.14. The van der Waals surface area contributed by atoms with Crippen molar-refractivity contribution in [3.05, 3.63) is 58.4 Å². The number of hydrogen-bond donors (Lipinski definition) is 2. The molecule has 1 amide bonds. The second-order valence-electron chi connectivity index (χ2n) is 4.82. The number of carbonyl (C=O) groups excluding carboxylic acids is 1. The molecule has 0 aliphatic rings. The van der Waals surface area contributed by atoms with E-state index in [-0.39, 0.29) is 11.9 Å². The quantitative estimate of drug-likeness (QED) is 0.779. The molecule has 3 N–H and O–H groups in total. The molecule has 0 aliphatic carbocycles. The van der Waals surface area contributed by atoms with Crippen molar-refractivity contribution in [2.45, 2.75) is 13.0 Å². The Balaban J connectivity index is 1.88. The summed E-state index contributed by atoms with van der Waals surface area (Å²) in [5.74, 6) is -0.214. The van der Waals surface area contributed by atoms with Crippen LogP contribution in [0.4, 0.5) is 5.69 Å². The summed E-state index contributed by atoms with van der Waals surface area (Å²) in [5, 5.41) is 5.80. The van der Waals surface area contributed by atoms with E-state index in [1.807, 2.05) is 48.7 Å². The number of hydrogen-bond acceptors (Lipinski definition) is 4. The molecule has 3 rings (SSSR count). The molecule has 0 fully saturated rings. The summed E-state index contributed by atoms with van der Waals surface area (Å²) in [6.45, 7) is 1.95. The van der Waals surface area contributed by atoms with Crippen molar-refractivity contribution in [2.75, 3.05) is 5.73 Å². The summed E-state index contributed by atoms with van der Waals surface area (Å²) in [6, 6.07) is 13.1. The standard InChI is InChI=1S/C16H15N3OS/c1-10(15-7-4-8-21-15)18-16(20)14-9-12(17)11-5-2-3-6-13(11)19-14/h2-10H,1H3,(H2,17,19)(H,18,20). The summed E-state index contributed by atoms with van der Waals surface area (Å²) in [7, 11) is 0. The Morgan fingerprint density at radius 1 is 1.29 bits per heavy atom. The van der Waals surface area contributed by atoms with Crippen molar-refractivity contribution in [3.8, 4) is 0 Å². The van der Waals surface area contributed by atoms with E-state index in [9.17, 15) is 4.79 Å². The maximum Gasteiger partial charge on any atom is 0.270 e. The molecule has 0 saturated carbocycles. The van der Waals surface area contributed by atoms with Gasteiger partial charge in [-0.25, -0.2) is 4.98 Å². The van der Waals surface area contributed by atoms with E-state index in [1.54, 1.807) is 17.4 Å². The minimum absolute atomic E-state index is 0.0491. The number of rotatable bonds is 3. The summed E-state index contributed by atoms with van der Waals surface area (Å²) < 4.78 is 0. The van der Waals surface area contributed by atoms with E-state index in [2.05, 4.69) is 10.3 Å². The average molecular weight is 297 g/mol. The minimum atomic E-state index is -0.214. The SMILES string of the molecule is CC(NC(=O)c1cc(N)c2ccccc2n1)c1cccs1. The molecule has 0 spiro atoms. The molecule has 21 heavy (non-hydrogen) atoms. The van der Waals surface area contributed by atoms with Crippen LogP contribution < -0.4 is 11.1 Å². The molecule has 1 aromatic carbocycles. The Bertz CT molecular complexity index is 783. The van der Waals surface area contributed by atoms with Gasteiger partial charge in [-0.05, 0) is 30.5 Å². The third-order valence-electron chi connectivity index (χ3n) is 3.30. The normalized spacial score (nSPS) is 12.2. The minimum Gasteiger partial charge on any atom is -0.398 e. The number of nitrogens with zero attached hydrogens (tertiary/aromatic N) is 1. The predicted molar refractivity (Wildman–Crippen MR) is 86.4 cm³/mol. The fourth-order valence-corrected chi connectivity index (χ4v) is 2.93. The van der Waals surface area contributed by atoms with E-state index in [0.717, 1.165) is 15.8 Å². The number of para-hydroxylation sites is 1. The Morgan fingerprint density at radius 2 is 2.10 bits per heavy atom. The lowest BCUT2D eigenvalue weighted by Crippen LogP contribution is -2.27. The average Bonchev–Trinajstić information content (AvgIpc) is 3.01. The summed E-state index contributed by atoms with van der Waals surface area (Å²) >= 11 is 1.61. The Labute approximate surface area is 126 Å². The number of nitrogen functional groups attached to an aromatic ring is 1. The van der Waals surface area contributed by atoms with Gasteiger partial charge >= 0.3 is 0 Å². The summed E-state index contributed by atoms with van der Waals surface area (Å²) in [5.41, 5.74) is 7.64. The number of nitrogens with one attached hydrogen (secondary N) is 1. The van der Waals surface area contributed by atoms with Crippen LogP contribution in [0.5, 0.6) is 0 Å². The first-order chi connectivity index (χ1) is 10.1. The fraction of sp³-hybridized carbons (Fsp3) is 0.125. The number of pyridine rings is 1. The molecular weight excluding hydrogens is 282 g/mol. The van der Waals surface area contributed by atoms with Gasteiger partial charge in [-0.1, -0.05) is 24.3 Å². The van der Waals surface area contributed by atoms with Crippen LogP contribution in [0.15, 0.2) is 47.8 Å². The highest BCUT2D eigenvalue weighted by atomic mass is 32.1. The number of benzene rings is 1. The van der Waals surface area contributed by atoms with Gasteiger partial charge in [-0.2, -0.15) is 0 Å². The molecule has 4 nitrogen and oxygen atoms in total. The molecule has 0 aliphatic heterocycles. The van der Waals surface area contributed by atoms with E-state index < -0.39 is 0 Å². The van der Waals surface area contributed by atoms with E-state index in [4.69, 9.17) is 5.73 Å². The van der Waals surface area contributed by atoms with Crippen LogP contribution in [0.1, 0.15) is 28.3 Å². The molecule has 106 valence electrons. The second kappa shape index (κ2) is 5.54. The monoisotopic (exact) mass is 297 g/mol. The lowest BCUT2D eigenvalue weighted by Gasteiger charge is -2.12. The first-order valence-corrected chi connectivity index (χ1v) is 7.52. The van der Waals surface area contributed by atoms with Crippen LogP contribution in [0.3, 0.4) is 0 Å². The maximum absolute atomic E-state index is 12.3. The Kier molecular flexibility index (Phi) is 3.58. The van der Waals surface area contributed by atoms with Crippen molar-refractivity contribution < 1.29 is 4.79 Å². The third kappa shape index (κ3) is 2.73. The van der Waals surface area contributed by atoms with Crippen LogP contribution in [0.25, 0.3) is 10.9 Å². The first kappa shape index (κ1) is 13.6. The lowest BCUT2D eigenvalue weighted by molar-refractivity contribution is 0.0936. The molecule has 2 heterocycles. The smallest absolute Gasteiger partial charge is 0.270 e. The van der Waals surface area contributed by atoms with Crippen molar-refractivity contribution in [1.82, 2.24) is 10.3 Å². The molecule has 2 aromatic heterocycles. The van der Waals surface area contributed by atoms with Gasteiger partial charge in [-0.3, -0.25) is 4.79 Å². The molecule has 5 heteroatoms. The highest BCUT2D eigenvalue weighted by Crippen LogP contribution is 2.22. The molecule has 0 radical (unpaired) electrons. The fourth-order valence-electron chi connectivity index (χ4n) is 2.20. The van der Waals surface area contributed by atoms with Crippen LogP contribution in [0.2, 0.25) is 0 Å². The zero-order valence-corrected chi connectivity index (χ0v) is 12.4. The van der Waals surface area contributed by atoms with Crippen molar-refractivity contribution in [2.24, 2.45) is 0 Å². The number of anilines is 1. The number of carbonyl (C=O) groups is 1. The number of nitrogens with two attached hydrogens (primary N) is 1. The zero-order chi connectivity index (χ0) is 14.8. The van der Waals surface area contributed by atoms with Crippen LogP contribution >= 0.6 is 11.3 Å². The third-order valence-corrected chi connectivity index (χ3v) is 4.35. The first-order valence-electron chi connectivity index (χ1n) is 6.64. The van der Waals surface area contributed by atoms with Gasteiger partial charge in [0, 0.05) is 16.0 Å². The van der Waals surface area contributed by atoms with Crippen LogP contribution in [0, 0.1) is 0 Å². The molecule has 3 aromatic rings. The van der Waals surface area contributed by atoms with Crippen molar-refractivity contribution in [1.29, 1.82) is 0 Å². The Morgan fingerprint density at radius 3 is 2.86 bits per heavy atom. The molecule has 0 bridgehead atoms. The number of thiophene rings is 1. The van der Waals surface area contributed by atoms with Gasteiger partial charge in [0.2, 0.25) is 0 Å². The van der Waals surface area contributed by atoms with E-state index >= 15 is 0 Å². The van der Waals surface area contributed by atoms with Crippen LogP contribution in [-0.4, -0.2) is 10.9 Å². The largest absolute Gasteiger partial charge is 0.398 e. The zero-order valence-electron chi connectivity index (χ0n) is 11.5. The Hall–Kier alpha value is -2.40. The summed E-state index contributed by atoms with van der Waals surface area (Å²) in [6.07, 6.45) is 0. The molecular formula is C16H15N3OS. The van der Waals surface area contributed by atoms with Crippen molar-refractivity contribution >= 4 is 33.8 Å². The van der Waals surface area contributed by atoms with E-state index in [1.165, 1.54) is 0 Å². The predicted octanol–water partition coefficient (Wildman–Crippen LogP) is 3.37. The lowest BCUT2D eigenvalue weighted by atomic mass is 10.1. The van der Waals surface area contributed by atoms with Gasteiger partial charge in [0.05, 0.1) is 11.6 Å². The number of amides is 1. The van der Waals surface area contributed by atoms with Gasteiger partial charge in [0.1, 0.15) is 5.69 Å². The number of fused-ring (bicyclic) bond motifs is 1. The van der Waals surface area contributed by atoms with Gasteiger partial charge in [-0.15, -0.1) is 11.3 Å². The van der Waals surface area contributed by atoms with Crippen LogP contribution in [-0.2, 0) is 0 Å². The van der Waals surface area contributed by atoms with Gasteiger partial charge < -0.3 is 11.1 Å². The maximum atomic E-state index is 12.3. The molecule has 1 unspecified atom stereocenters. The van der Waals surface area contributed by atoms with Gasteiger partial charge in [0.15, 0.2) is 0 Å². The van der Waals surface area contributed by atoms with E-state index in [0.29, 0.717) is 11.4 Å².